The van der Waals surface area contributed by atoms with Crippen molar-refractivity contribution < 1.29 is 0 Å². The Morgan fingerprint density at radius 2 is 1.95 bits per heavy atom. The molecule has 112 valence electrons. The number of anilines is 1. The lowest BCUT2D eigenvalue weighted by Crippen LogP contribution is -2.39. The van der Waals surface area contributed by atoms with Gasteiger partial charge in [0.25, 0.3) is 0 Å². The molecule has 2 nitrogen and oxygen atoms in total. The summed E-state index contributed by atoms with van der Waals surface area (Å²) >= 11 is 0. The van der Waals surface area contributed by atoms with Crippen LogP contribution >= 0.6 is 0 Å². The highest BCUT2D eigenvalue weighted by Gasteiger charge is 2.23. The van der Waals surface area contributed by atoms with Crippen LogP contribution in [-0.4, -0.2) is 30.6 Å². The fourth-order valence-corrected chi connectivity index (χ4v) is 3.33. The van der Waals surface area contributed by atoms with E-state index in [1.165, 1.54) is 55.7 Å². The molecular weight excluding hydrogens is 244 g/mol. The van der Waals surface area contributed by atoms with E-state index in [1.807, 2.05) is 0 Å². The zero-order chi connectivity index (χ0) is 14.5. The van der Waals surface area contributed by atoms with E-state index in [9.17, 15) is 0 Å². The Bertz CT molecular complexity index is 419. The Morgan fingerprint density at radius 3 is 2.55 bits per heavy atom. The van der Waals surface area contributed by atoms with E-state index < -0.39 is 0 Å². The van der Waals surface area contributed by atoms with E-state index >= 15 is 0 Å². The van der Waals surface area contributed by atoms with Crippen molar-refractivity contribution in [2.45, 2.75) is 53.0 Å². The summed E-state index contributed by atoms with van der Waals surface area (Å²) in [5, 5.41) is 3.74. The molecule has 0 radical (unpaired) electrons. The van der Waals surface area contributed by atoms with Crippen LogP contribution in [0.25, 0.3) is 0 Å². The molecule has 1 aliphatic rings. The van der Waals surface area contributed by atoms with Crippen LogP contribution in [0.1, 0.15) is 44.2 Å². The Morgan fingerprint density at radius 1 is 1.25 bits per heavy atom. The maximum Gasteiger partial charge on any atom is 0.0372 e. The molecule has 1 aliphatic heterocycles. The van der Waals surface area contributed by atoms with Gasteiger partial charge < -0.3 is 10.2 Å². The largest absolute Gasteiger partial charge is 0.382 e. The molecule has 1 saturated heterocycles. The van der Waals surface area contributed by atoms with Crippen LogP contribution in [0.2, 0.25) is 0 Å². The molecule has 0 amide bonds. The van der Waals surface area contributed by atoms with Crippen molar-refractivity contribution in [3.05, 3.63) is 29.3 Å². The fourth-order valence-electron chi connectivity index (χ4n) is 3.33. The summed E-state index contributed by atoms with van der Waals surface area (Å²) in [6.45, 7) is 12.8. The van der Waals surface area contributed by atoms with Gasteiger partial charge in [-0.15, -0.1) is 0 Å². The van der Waals surface area contributed by atoms with Crippen LogP contribution < -0.4 is 5.32 Å². The maximum atomic E-state index is 3.74. The lowest BCUT2D eigenvalue weighted by molar-refractivity contribution is 0.176. The molecule has 20 heavy (non-hydrogen) atoms. The SMILES string of the molecule is CCCN1CCC(C(C)Nc2ccc(C)cc2C)CC1. The first-order valence-electron chi connectivity index (χ1n) is 8.16. The second-order valence-corrected chi connectivity index (χ2v) is 6.43. The first-order chi connectivity index (χ1) is 9.60. The molecule has 1 aromatic carbocycles. The molecule has 1 atom stereocenters. The van der Waals surface area contributed by atoms with Crippen molar-refractivity contribution in [1.82, 2.24) is 4.90 Å². The minimum atomic E-state index is 0.570. The standard InChI is InChI=1S/C18H30N2/c1-5-10-20-11-8-17(9-12-20)16(4)19-18-7-6-14(2)13-15(18)3/h6-7,13,16-17,19H,5,8-12H2,1-4H3. The molecule has 2 heteroatoms. The Labute approximate surface area is 124 Å². The molecular formula is C18H30N2. The number of hydrogen-bond donors (Lipinski definition) is 1. The third kappa shape index (κ3) is 3.99. The molecule has 0 spiro atoms. The Hall–Kier alpha value is -1.02. The third-order valence-electron chi connectivity index (χ3n) is 4.64. The molecule has 0 aromatic heterocycles. The summed E-state index contributed by atoms with van der Waals surface area (Å²) in [6, 6.07) is 7.26. The average Bonchev–Trinajstić information content (AvgIpc) is 2.43. The van der Waals surface area contributed by atoms with Gasteiger partial charge in [-0.25, -0.2) is 0 Å². The predicted molar refractivity (Wildman–Crippen MR) is 88.5 cm³/mol. The van der Waals surface area contributed by atoms with Gasteiger partial charge in [0.2, 0.25) is 0 Å². The zero-order valence-electron chi connectivity index (χ0n) is 13.6. The third-order valence-corrected chi connectivity index (χ3v) is 4.64. The predicted octanol–water partition coefficient (Wildman–Crippen LogP) is 4.23. The van der Waals surface area contributed by atoms with Gasteiger partial charge in [0.15, 0.2) is 0 Å². The van der Waals surface area contributed by atoms with Crippen LogP contribution in [0.3, 0.4) is 0 Å². The highest BCUT2D eigenvalue weighted by atomic mass is 15.1. The van der Waals surface area contributed by atoms with Crippen molar-refractivity contribution in [3.63, 3.8) is 0 Å². The van der Waals surface area contributed by atoms with E-state index in [2.05, 4.69) is 56.1 Å². The van der Waals surface area contributed by atoms with Crippen LogP contribution in [0.5, 0.6) is 0 Å². The molecule has 2 rings (SSSR count). The minimum Gasteiger partial charge on any atom is -0.382 e. The van der Waals surface area contributed by atoms with Crippen LogP contribution in [0, 0.1) is 19.8 Å². The van der Waals surface area contributed by atoms with E-state index in [-0.39, 0.29) is 0 Å². The van der Waals surface area contributed by atoms with Crippen LogP contribution in [-0.2, 0) is 0 Å². The molecule has 0 bridgehead atoms. The molecule has 1 N–H and O–H groups in total. The van der Waals surface area contributed by atoms with Gasteiger partial charge in [-0.05, 0) is 77.2 Å². The van der Waals surface area contributed by atoms with Crippen molar-refractivity contribution >= 4 is 5.69 Å². The number of piperidine rings is 1. The van der Waals surface area contributed by atoms with Crippen molar-refractivity contribution in [2.75, 3.05) is 25.0 Å². The second kappa shape index (κ2) is 7.12. The first-order valence-corrected chi connectivity index (χ1v) is 8.16. The summed E-state index contributed by atoms with van der Waals surface area (Å²) in [6.07, 6.45) is 3.94. The number of nitrogens with one attached hydrogen (secondary N) is 1. The highest BCUT2D eigenvalue weighted by Crippen LogP contribution is 2.25. The number of rotatable bonds is 5. The van der Waals surface area contributed by atoms with E-state index in [1.54, 1.807) is 0 Å². The Kier molecular flexibility index (Phi) is 5.47. The molecule has 1 fully saturated rings. The average molecular weight is 274 g/mol. The van der Waals surface area contributed by atoms with Crippen molar-refractivity contribution in [2.24, 2.45) is 5.92 Å². The lowest BCUT2D eigenvalue weighted by atomic mass is 9.90. The minimum absolute atomic E-state index is 0.570. The summed E-state index contributed by atoms with van der Waals surface area (Å²) in [4.78, 5) is 2.61. The quantitative estimate of drug-likeness (QED) is 0.864. The maximum absolute atomic E-state index is 3.74. The molecule has 0 aliphatic carbocycles. The van der Waals surface area contributed by atoms with E-state index in [4.69, 9.17) is 0 Å². The van der Waals surface area contributed by atoms with Gasteiger partial charge in [0.1, 0.15) is 0 Å². The topological polar surface area (TPSA) is 15.3 Å². The lowest BCUT2D eigenvalue weighted by Gasteiger charge is -2.35. The second-order valence-electron chi connectivity index (χ2n) is 6.43. The molecule has 1 unspecified atom stereocenters. The molecule has 1 heterocycles. The molecule has 0 saturated carbocycles. The van der Waals surface area contributed by atoms with E-state index in [0.717, 1.165) is 5.92 Å². The van der Waals surface area contributed by atoms with E-state index in [0.29, 0.717) is 6.04 Å². The van der Waals surface area contributed by atoms with Gasteiger partial charge in [-0.2, -0.15) is 0 Å². The number of aryl methyl sites for hydroxylation is 2. The first kappa shape index (κ1) is 15.4. The van der Waals surface area contributed by atoms with Gasteiger partial charge in [-0.1, -0.05) is 24.6 Å². The van der Waals surface area contributed by atoms with Crippen molar-refractivity contribution in [3.8, 4) is 0 Å². The number of nitrogens with zero attached hydrogens (tertiary/aromatic N) is 1. The van der Waals surface area contributed by atoms with Gasteiger partial charge in [-0.3, -0.25) is 0 Å². The van der Waals surface area contributed by atoms with Gasteiger partial charge in [0.05, 0.1) is 0 Å². The molecule has 1 aromatic rings. The van der Waals surface area contributed by atoms with Gasteiger partial charge >= 0.3 is 0 Å². The summed E-state index contributed by atoms with van der Waals surface area (Å²) in [5.41, 5.74) is 4.01. The monoisotopic (exact) mass is 274 g/mol. The summed E-state index contributed by atoms with van der Waals surface area (Å²) < 4.78 is 0. The number of benzene rings is 1. The number of hydrogen-bond acceptors (Lipinski definition) is 2. The number of likely N-dealkylation sites (tertiary alicyclic amines) is 1. The van der Waals surface area contributed by atoms with Gasteiger partial charge in [0, 0.05) is 11.7 Å². The fraction of sp³-hybridized carbons (Fsp3) is 0.667. The Balaban J connectivity index is 1.87. The van der Waals surface area contributed by atoms with Crippen LogP contribution in [0.15, 0.2) is 18.2 Å². The summed E-state index contributed by atoms with van der Waals surface area (Å²) in [5.74, 6) is 0.809. The smallest absolute Gasteiger partial charge is 0.0372 e. The normalized spacial score (nSPS) is 19.0. The van der Waals surface area contributed by atoms with Crippen molar-refractivity contribution in [1.29, 1.82) is 0 Å². The van der Waals surface area contributed by atoms with Crippen LogP contribution in [0.4, 0.5) is 5.69 Å². The zero-order valence-corrected chi connectivity index (χ0v) is 13.6. The highest BCUT2D eigenvalue weighted by molar-refractivity contribution is 5.52. The summed E-state index contributed by atoms with van der Waals surface area (Å²) in [7, 11) is 0.